The van der Waals surface area contributed by atoms with Gasteiger partial charge in [-0.05, 0) is 85.5 Å². The van der Waals surface area contributed by atoms with Crippen LogP contribution < -0.4 is 0 Å². The molecule has 27 heavy (non-hydrogen) atoms. The van der Waals surface area contributed by atoms with E-state index in [1.54, 1.807) is 5.56 Å². The van der Waals surface area contributed by atoms with Crippen LogP contribution in [-0.4, -0.2) is 0 Å². The van der Waals surface area contributed by atoms with Crippen molar-refractivity contribution >= 4 is 0 Å². The maximum Gasteiger partial charge on any atom is -0.0162 e. The number of hydrogen-bond acceptors (Lipinski definition) is 0. The Morgan fingerprint density at radius 1 is 0.630 bits per heavy atom. The number of rotatable bonds is 9. The molecule has 2 aromatic carbocycles. The molecular formula is C27H38. The first-order valence-electron chi connectivity index (χ1n) is 11.4. The first kappa shape index (κ1) is 20.2. The van der Waals surface area contributed by atoms with Crippen molar-refractivity contribution < 1.29 is 0 Å². The van der Waals surface area contributed by atoms with Crippen LogP contribution in [0.5, 0.6) is 0 Å². The Morgan fingerprint density at radius 2 is 1.15 bits per heavy atom. The van der Waals surface area contributed by atoms with Gasteiger partial charge in [0.15, 0.2) is 0 Å². The Hall–Kier alpha value is -1.56. The molecular weight excluding hydrogens is 324 g/mol. The molecule has 0 aliphatic heterocycles. The highest BCUT2D eigenvalue weighted by molar-refractivity contribution is 5.28. The lowest BCUT2D eigenvalue weighted by Crippen LogP contribution is -2.13. The van der Waals surface area contributed by atoms with Crippen molar-refractivity contribution in [2.75, 3.05) is 0 Å². The third-order valence-corrected chi connectivity index (χ3v) is 6.54. The summed E-state index contributed by atoms with van der Waals surface area (Å²) < 4.78 is 0. The quantitative estimate of drug-likeness (QED) is 0.425. The highest BCUT2D eigenvalue weighted by Crippen LogP contribution is 2.37. The van der Waals surface area contributed by atoms with Crippen LogP contribution in [0.25, 0.3) is 0 Å². The van der Waals surface area contributed by atoms with Crippen molar-refractivity contribution in [3.05, 3.63) is 70.8 Å². The molecule has 0 atom stereocenters. The van der Waals surface area contributed by atoms with E-state index < -0.39 is 0 Å². The summed E-state index contributed by atoms with van der Waals surface area (Å²) in [5, 5.41) is 0. The minimum absolute atomic E-state index is 0.808. The van der Waals surface area contributed by atoms with Crippen LogP contribution in [0.1, 0.15) is 93.4 Å². The van der Waals surface area contributed by atoms with Crippen LogP contribution in [0.4, 0.5) is 0 Å². The second-order valence-electron chi connectivity index (χ2n) is 8.67. The summed E-state index contributed by atoms with van der Waals surface area (Å²) in [6.07, 6.45) is 14.6. The number of unbranched alkanes of at least 4 members (excludes halogenated alkanes) is 1. The van der Waals surface area contributed by atoms with Gasteiger partial charge in [0, 0.05) is 0 Å². The molecule has 0 nitrogen and oxygen atoms in total. The van der Waals surface area contributed by atoms with Gasteiger partial charge in [0.25, 0.3) is 0 Å². The smallest absolute Gasteiger partial charge is 0.0162 e. The largest absolute Gasteiger partial charge is 0.0654 e. The average molecular weight is 363 g/mol. The number of aryl methyl sites for hydroxylation is 3. The van der Waals surface area contributed by atoms with Gasteiger partial charge in [0.2, 0.25) is 0 Å². The van der Waals surface area contributed by atoms with Gasteiger partial charge in [-0.15, -0.1) is 0 Å². The average Bonchev–Trinajstić information content (AvgIpc) is 2.73. The summed E-state index contributed by atoms with van der Waals surface area (Å²) in [5.41, 5.74) is 6.01. The Labute approximate surface area is 167 Å². The molecule has 0 bridgehead atoms. The first-order chi connectivity index (χ1) is 13.3. The van der Waals surface area contributed by atoms with E-state index in [0.29, 0.717) is 0 Å². The molecule has 146 valence electrons. The zero-order chi connectivity index (χ0) is 18.9. The number of benzene rings is 2. The lowest BCUT2D eigenvalue weighted by Gasteiger charge is -2.28. The van der Waals surface area contributed by atoms with Gasteiger partial charge in [-0.2, -0.15) is 0 Å². The van der Waals surface area contributed by atoms with E-state index in [4.69, 9.17) is 0 Å². The zero-order valence-corrected chi connectivity index (χ0v) is 17.6. The molecule has 0 N–H and O–H groups in total. The summed E-state index contributed by atoms with van der Waals surface area (Å²) in [6.45, 7) is 4.59. The second-order valence-corrected chi connectivity index (χ2v) is 8.67. The topological polar surface area (TPSA) is 0 Å². The monoisotopic (exact) mass is 362 g/mol. The standard InChI is InChI=1S/C27H38/c1-3-5-7-23-8-10-24(11-9-23)12-13-25-16-20-27(21-17-25)26-18-14-22(6-4-2)15-19-26/h8-11,16-17,20-22,26H,3-7,12-15,18-19H2,1-2H3. The predicted molar refractivity (Wildman–Crippen MR) is 119 cm³/mol. The van der Waals surface area contributed by atoms with Gasteiger partial charge in [-0.1, -0.05) is 81.6 Å². The molecule has 0 spiro atoms. The van der Waals surface area contributed by atoms with Gasteiger partial charge < -0.3 is 0 Å². The van der Waals surface area contributed by atoms with Crippen LogP contribution in [-0.2, 0) is 19.3 Å². The Kier molecular flexibility index (Phi) is 7.99. The first-order valence-corrected chi connectivity index (χ1v) is 11.4. The van der Waals surface area contributed by atoms with Gasteiger partial charge >= 0.3 is 0 Å². The van der Waals surface area contributed by atoms with E-state index in [1.165, 1.54) is 74.5 Å². The molecule has 1 aliphatic rings. The highest BCUT2D eigenvalue weighted by atomic mass is 14.3. The molecule has 0 heteroatoms. The summed E-state index contributed by atoms with van der Waals surface area (Å²) in [5.74, 6) is 1.81. The predicted octanol–water partition coefficient (Wildman–Crippen LogP) is 7.89. The fraction of sp³-hybridized carbons (Fsp3) is 0.556. The maximum atomic E-state index is 2.41. The molecule has 0 radical (unpaired) electrons. The summed E-state index contributed by atoms with van der Waals surface area (Å²) >= 11 is 0. The van der Waals surface area contributed by atoms with E-state index in [0.717, 1.165) is 24.7 Å². The number of hydrogen-bond donors (Lipinski definition) is 0. The summed E-state index contributed by atoms with van der Waals surface area (Å²) in [4.78, 5) is 0. The van der Waals surface area contributed by atoms with Crippen LogP contribution >= 0.6 is 0 Å². The lowest BCUT2D eigenvalue weighted by molar-refractivity contribution is 0.308. The van der Waals surface area contributed by atoms with Crippen molar-refractivity contribution in [2.45, 2.75) is 90.4 Å². The highest BCUT2D eigenvalue weighted by Gasteiger charge is 2.21. The second kappa shape index (κ2) is 10.7. The van der Waals surface area contributed by atoms with Crippen molar-refractivity contribution in [3.8, 4) is 0 Å². The normalized spacial score (nSPS) is 19.9. The fourth-order valence-electron chi connectivity index (χ4n) is 4.69. The van der Waals surface area contributed by atoms with Crippen molar-refractivity contribution in [3.63, 3.8) is 0 Å². The molecule has 0 saturated heterocycles. The van der Waals surface area contributed by atoms with E-state index in [-0.39, 0.29) is 0 Å². The van der Waals surface area contributed by atoms with Gasteiger partial charge in [-0.3, -0.25) is 0 Å². The summed E-state index contributed by atoms with van der Waals surface area (Å²) in [7, 11) is 0. The molecule has 0 aromatic heterocycles. The van der Waals surface area contributed by atoms with Gasteiger partial charge in [0.1, 0.15) is 0 Å². The Balaban J connectivity index is 1.46. The van der Waals surface area contributed by atoms with E-state index in [2.05, 4.69) is 62.4 Å². The Bertz CT molecular complexity index is 641. The molecule has 0 amide bonds. The third kappa shape index (κ3) is 6.23. The molecule has 1 aliphatic carbocycles. The fourth-order valence-corrected chi connectivity index (χ4v) is 4.69. The SMILES string of the molecule is CCCCc1ccc(CCc2ccc(C3CCC(CCC)CC3)cc2)cc1. The van der Waals surface area contributed by atoms with Crippen LogP contribution in [0, 0.1) is 5.92 Å². The molecule has 1 saturated carbocycles. The van der Waals surface area contributed by atoms with Crippen LogP contribution in [0.3, 0.4) is 0 Å². The third-order valence-electron chi connectivity index (χ3n) is 6.54. The van der Waals surface area contributed by atoms with Crippen LogP contribution in [0.2, 0.25) is 0 Å². The van der Waals surface area contributed by atoms with Crippen LogP contribution in [0.15, 0.2) is 48.5 Å². The van der Waals surface area contributed by atoms with Gasteiger partial charge in [-0.25, -0.2) is 0 Å². The molecule has 0 heterocycles. The van der Waals surface area contributed by atoms with E-state index >= 15 is 0 Å². The summed E-state index contributed by atoms with van der Waals surface area (Å²) in [6, 6.07) is 18.9. The molecule has 1 fully saturated rings. The minimum atomic E-state index is 0.808. The zero-order valence-electron chi connectivity index (χ0n) is 17.6. The molecule has 3 rings (SSSR count). The maximum absolute atomic E-state index is 2.41. The Morgan fingerprint density at radius 3 is 1.67 bits per heavy atom. The van der Waals surface area contributed by atoms with Crippen molar-refractivity contribution in [1.82, 2.24) is 0 Å². The lowest BCUT2D eigenvalue weighted by atomic mass is 9.77. The minimum Gasteiger partial charge on any atom is -0.0654 e. The van der Waals surface area contributed by atoms with Crippen molar-refractivity contribution in [2.24, 2.45) is 5.92 Å². The van der Waals surface area contributed by atoms with Crippen molar-refractivity contribution in [1.29, 1.82) is 0 Å². The van der Waals surface area contributed by atoms with E-state index in [1.807, 2.05) is 0 Å². The molecule has 0 unspecified atom stereocenters. The van der Waals surface area contributed by atoms with E-state index in [9.17, 15) is 0 Å². The van der Waals surface area contributed by atoms with Gasteiger partial charge in [0.05, 0.1) is 0 Å². The molecule has 2 aromatic rings.